The molecule has 0 aromatic carbocycles. The summed E-state index contributed by atoms with van der Waals surface area (Å²) in [7, 11) is -5.36. The summed E-state index contributed by atoms with van der Waals surface area (Å²) in [4.78, 5) is 0. The maximum Gasteiger partial charge on any atom is 0.303 e. The van der Waals surface area contributed by atoms with Crippen molar-refractivity contribution in [3.63, 3.8) is 0 Å². The summed E-state index contributed by atoms with van der Waals surface area (Å²) < 4.78 is 69.3. The summed E-state index contributed by atoms with van der Waals surface area (Å²) in [6.45, 7) is 3.30. The molecule has 1 saturated carbocycles. The summed E-state index contributed by atoms with van der Waals surface area (Å²) in [5, 5.41) is 0. The van der Waals surface area contributed by atoms with E-state index in [2.05, 4.69) is 0 Å². The highest BCUT2D eigenvalue weighted by atomic mass is 32.2. The van der Waals surface area contributed by atoms with Gasteiger partial charge in [0.2, 0.25) is 0 Å². The molecule has 1 aliphatic rings. The maximum absolute atomic E-state index is 13.5. The van der Waals surface area contributed by atoms with Crippen LogP contribution in [0.5, 0.6) is 0 Å². The molecule has 0 radical (unpaired) electrons. The third-order valence-electron chi connectivity index (χ3n) is 3.18. The number of hydrogen-bond donors (Lipinski definition) is 1. The minimum atomic E-state index is -5.36. The van der Waals surface area contributed by atoms with Crippen molar-refractivity contribution in [1.29, 1.82) is 0 Å². The molecule has 0 aromatic rings. The van der Waals surface area contributed by atoms with Crippen molar-refractivity contribution >= 4 is 10.1 Å². The van der Waals surface area contributed by atoms with Gasteiger partial charge in [0.1, 0.15) is 0 Å². The van der Waals surface area contributed by atoms with E-state index in [9.17, 15) is 21.6 Å². The molecule has 0 heterocycles. The molecule has 4 atom stereocenters. The van der Waals surface area contributed by atoms with Gasteiger partial charge in [-0.2, -0.15) is 8.42 Å². The van der Waals surface area contributed by atoms with Gasteiger partial charge < -0.3 is 0 Å². The molecule has 0 bridgehead atoms. The lowest BCUT2D eigenvalue weighted by atomic mass is 9.92. The molecule has 0 aliphatic heterocycles. The Hall–Kier alpha value is -0.300. The van der Waals surface area contributed by atoms with Crippen LogP contribution < -0.4 is 0 Å². The molecule has 0 amide bonds. The van der Waals surface area contributed by atoms with Crippen LogP contribution in [0.2, 0.25) is 0 Å². The molecule has 3 nitrogen and oxygen atoms in total. The Labute approximate surface area is 92.8 Å². The molecular formula is C9H15F3O3S. The quantitative estimate of drug-likeness (QED) is 0.793. The van der Waals surface area contributed by atoms with Crippen LogP contribution in [-0.4, -0.2) is 24.4 Å². The fourth-order valence-corrected chi connectivity index (χ4v) is 3.04. The van der Waals surface area contributed by atoms with Crippen molar-refractivity contribution in [1.82, 2.24) is 0 Å². The van der Waals surface area contributed by atoms with Crippen molar-refractivity contribution in [2.45, 2.75) is 38.1 Å². The first-order chi connectivity index (χ1) is 7.06. The molecule has 96 valence electrons. The van der Waals surface area contributed by atoms with Crippen molar-refractivity contribution < 1.29 is 26.1 Å². The summed E-state index contributed by atoms with van der Waals surface area (Å²) in [6.07, 6.45) is 0.586. The zero-order chi connectivity index (χ0) is 12.7. The van der Waals surface area contributed by atoms with E-state index >= 15 is 0 Å². The summed E-state index contributed by atoms with van der Waals surface area (Å²) in [5.74, 6) is -5.80. The van der Waals surface area contributed by atoms with E-state index in [1.807, 2.05) is 0 Å². The molecule has 1 fully saturated rings. The Morgan fingerprint density at radius 3 is 2.12 bits per heavy atom. The predicted molar refractivity (Wildman–Crippen MR) is 52.4 cm³/mol. The minimum absolute atomic E-state index is 0.0134. The lowest BCUT2D eigenvalue weighted by molar-refractivity contribution is -0.103. The first-order valence-corrected chi connectivity index (χ1v) is 6.55. The highest BCUT2D eigenvalue weighted by molar-refractivity contribution is 7.86. The Morgan fingerprint density at radius 1 is 1.31 bits per heavy atom. The van der Waals surface area contributed by atoms with E-state index in [1.165, 1.54) is 0 Å². The van der Waals surface area contributed by atoms with Gasteiger partial charge in [-0.15, -0.1) is 0 Å². The second-order valence-corrected chi connectivity index (χ2v) is 6.11. The van der Waals surface area contributed by atoms with Gasteiger partial charge in [-0.1, -0.05) is 13.8 Å². The fourth-order valence-electron chi connectivity index (χ4n) is 2.46. The van der Waals surface area contributed by atoms with Gasteiger partial charge in [-0.25, -0.2) is 13.2 Å². The smallest absolute Gasteiger partial charge is 0.283 e. The number of alkyl halides is 3. The summed E-state index contributed by atoms with van der Waals surface area (Å²) >= 11 is 0. The van der Waals surface area contributed by atoms with Gasteiger partial charge in [0, 0.05) is 5.92 Å². The van der Waals surface area contributed by atoms with E-state index < -0.39 is 33.4 Å². The van der Waals surface area contributed by atoms with Crippen LogP contribution in [-0.2, 0) is 10.1 Å². The average Bonchev–Trinajstić information content (AvgIpc) is 2.43. The normalized spacial score (nSPS) is 34.0. The second kappa shape index (κ2) is 4.18. The van der Waals surface area contributed by atoms with Crippen LogP contribution in [0.3, 0.4) is 0 Å². The van der Waals surface area contributed by atoms with Crippen molar-refractivity contribution in [2.75, 3.05) is 0 Å². The summed E-state index contributed by atoms with van der Waals surface area (Å²) in [5.41, 5.74) is -3.53. The van der Waals surface area contributed by atoms with Crippen LogP contribution in [0.4, 0.5) is 13.2 Å². The lowest BCUT2D eigenvalue weighted by Gasteiger charge is -2.27. The third-order valence-corrected chi connectivity index (χ3v) is 4.01. The van der Waals surface area contributed by atoms with E-state index in [0.29, 0.717) is 6.42 Å². The molecule has 1 N–H and O–H groups in total. The summed E-state index contributed by atoms with van der Waals surface area (Å²) in [6, 6.07) is 0. The van der Waals surface area contributed by atoms with E-state index in [1.54, 1.807) is 13.8 Å². The first kappa shape index (κ1) is 13.8. The SMILES string of the molecule is CC1CC(C)C(C(F)(F)C(F)S(=O)(=O)O)C1. The van der Waals surface area contributed by atoms with Gasteiger partial charge in [0.25, 0.3) is 11.4 Å². The van der Waals surface area contributed by atoms with Crippen molar-refractivity contribution in [2.24, 2.45) is 17.8 Å². The highest BCUT2D eigenvalue weighted by Crippen LogP contribution is 2.47. The Balaban J connectivity index is 2.94. The first-order valence-electron chi connectivity index (χ1n) is 5.05. The van der Waals surface area contributed by atoms with Gasteiger partial charge in [-0.3, -0.25) is 4.55 Å². The Bertz CT molecular complexity index is 355. The van der Waals surface area contributed by atoms with E-state index in [0.717, 1.165) is 0 Å². The largest absolute Gasteiger partial charge is 0.303 e. The second-order valence-electron chi connectivity index (χ2n) is 4.67. The predicted octanol–water partition coefficient (Wildman–Crippen LogP) is 2.49. The average molecular weight is 260 g/mol. The van der Waals surface area contributed by atoms with Crippen molar-refractivity contribution in [3.05, 3.63) is 0 Å². The van der Waals surface area contributed by atoms with Gasteiger partial charge in [-0.05, 0) is 24.7 Å². The van der Waals surface area contributed by atoms with Gasteiger partial charge in [0.05, 0.1) is 0 Å². The Kier molecular flexibility index (Phi) is 3.59. The van der Waals surface area contributed by atoms with E-state index in [4.69, 9.17) is 4.55 Å². The number of rotatable bonds is 3. The monoisotopic (exact) mass is 260 g/mol. The molecule has 0 aromatic heterocycles. The van der Waals surface area contributed by atoms with Crippen LogP contribution in [0.1, 0.15) is 26.7 Å². The lowest BCUT2D eigenvalue weighted by Crippen LogP contribution is -2.43. The molecule has 1 rings (SSSR count). The number of halogens is 3. The van der Waals surface area contributed by atoms with Crippen LogP contribution in [0.25, 0.3) is 0 Å². The zero-order valence-corrected chi connectivity index (χ0v) is 9.85. The molecule has 16 heavy (non-hydrogen) atoms. The Morgan fingerprint density at radius 2 is 1.81 bits per heavy atom. The molecule has 1 aliphatic carbocycles. The third kappa shape index (κ3) is 2.51. The zero-order valence-electron chi connectivity index (χ0n) is 9.03. The van der Waals surface area contributed by atoms with Gasteiger partial charge in [0.15, 0.2) is 0 Å². The highest BCUT2D eigenvalue weighted by Gasteiger charge is 2.57. The fraction of sp³-hybridized carbons (Fsp3) is 1.00. The van der Waals surface area contributed by atoms with Crippen LogP contribution in [0, 0.1) is 17.8 Å². The maximum atomic E-state index is 13.5. The molecule has 0 spiro atoms. The molecular weight excluding hydrogens is 245 g/mol. The standard InChI is InChI=1S/C9H15F3O3S/c1-5-3-6(2)7(4-5)9(11,12)8(10)16(13,14)15/h5-8H,3-4H2,1-2H3,(H,13,14,15). The van der Waals surface area contributed by atoms with Crippen LogP contribution in [0.15, 0.2) is 0 Å². The van der Waals surface area contributed by atoms with Gasteiger partial charge >= 0.3 is 10.1 Å². The van der Waals surface area contributed by atoms with Crippen molar-refractivity contribution in [3.8, 4) is 0 Å². The molecule has 0 saturated heterocycles. The van der Waals surface area contributed by atoms with E-state index in [-0.39, 0.29) is 12.3 Å². The number of hydrogen-bond acceptors (Lipinski definition) is 2. The molecule has 7 heteroatoms. The topological polar surface area (TPSA) is 54.4 Å². The molecule has 4 unspecified atom stereocenters. The van der Waals surface area contributed by atoms with Crippen LogP contribution >= 0.6 is 0 Å². The minimum Gasteiger partial charge on any atom is -0.283 e.